The molecule has 0 unspecified atom stereocenters. The van der Waals surface area contributed by atoms with Crippen LogP contribution in [0.1, 0.15) is 24.0 Å². The summed E-state index contributed by atoms with van der Waals surface area (Å²) >= 11 is 0. The van der Waals surface area contributed by atoms with Crippen molar-refractivity contribution in [3.8, 4) is 0 Å². The number of ether oxygens (including phenoxy) is 1. The Morgan fingerprint density at radius 2 is 1.69 bits per heavy atom. The van der Waals surface area contributed by atoms with Crippen molar-refractivity contribution >= 4 is 5.91 Å². The van der Waals surface area contributed by atoms with Crippen LogP contribution in [-0.2, 0) is 22.1 Å². The maximum Gasteiger partial charge on any atom is 0.416 e. The Balaban J connectivity index is 1.31. The van der Waals surface area contributed by atoms with Gasteiger partial charge in [-0.3, -0.25) is 14.6 Å². The largest absolute Gasteiger partial charge is 0.416 e. The zero-order valence-corrected chi connectivity index (χ0v) is 16.8. The number of alkyl halides is 3. The summed E-state index contributed by atoms with van der Waals surface area (Å²) < 4.78 is 43.6. The molecule has 162 valence electrons. The van der Waals surface area contributed by atoms with Gasteiger partial charge in [0, 0.05) is 39.3 Å². The topological polar surface area (TPSA) is 36.0 Å². The maximum absolute atomic E-state index is 12.8. The van der Waals surface area contributed by atoms with E-state index in [1.807, 2.05) is 4.90 Å². The smallest absolute Gasteiger partial charge is 0.379 e. The summed E-state index contributed by atoms with van der Waals surface area (Å²) in [6.45, 7) is 7.63. The van der Waals surface area contributed by atoms with Crippen molar-refractivity contribution in [1.29, 1.82) is 0 Å². The number of unbranched alkanes of at least 4 members (excludes halogenated alkanes) is 1. The van der Waals surface area contributed by atoms with E-state index in [0.717, 1.165) is 70.3 Å². The van der Waals surface area contributed by atoms with Crippen LogP contribution in [0.15, 0.2) is 24.3 Å². The highest BCUT2D eigenvalue weighted by Gasteiger charge is 2.30. The Morgan fingerprint density at radius 3 is 2.38 bits per heavy atom. The zero-order chi connectivity index (χ0) is 20.7. The fourth-order valence-electron chi connectivity index (χ4n) is 3.84. The van der Waals surface area contributed by atoms with E-state index >= 15 is 0 Å². The predicted molar refractivity (Wildman–Crippen MR) is 105 cm³/mol. The lowest BCUT2D eigenvalue weighted by atomic mass is 10.0. The van der Waals surface area contributed by atoms with Gasteiger partial charge in [-0.2, -0.15) is 13.2 Å². The lowest BCUT2D eigenvalue weighted by Gasteiger charge is -2.36. The molecule has 0 aromatic heterocycles. The number of morpholine rings is 1. The number of piperazine rings is 1. The normalized spacial score (nSPS) is 19.5. The minimum atomic E-state index is -4.28. The summed E-state index contributed by atoms with van der Waals surface area (Å²) in [4.78, 5) is 18.9. The Labute approximate surface area is 170 Å². The molecule has 0 aliphatic carbocycles. The van der Waals surface area contributed by atoms with E-state index in [4.69, 9.17) is 4.74 Å². The van der Waals surface area contributed by atoms with Crippen molar-refractivity contribution in [3.63, 3.8) is 0 Å². The van der Waals surface area contributed by atoms with Crippen molar-refractivity contribution in [2.45, 2.75) is 25.4 Å². The fraction of sp³-hybridized carbons (Fsp3) is 0.667. The molecule has 0 saturated carbocycles. The lowest BCUT2D eigenvalue weighted by molar-refractivity contribution is -0.137. The maximum atomic E-state index is 12.8. The summed E-state index contributed by atoms with van der Waals surface area (Å²) in [5, 5.41) is 0. The third-order valence-corrected chi connectivity index (χ3v) is 5.63. The number of nitrogens with zero attached hydrogens (tertiary/aromatic N) is 3. The van der Waals surface area contributed by atoms with Crippen LogP contribution in [-0.4, -0.2) is 86.2 Å². The van der Waals surface area contributed by atoms with E-state index in [1.165, 1.54) is 12.1 Å². The summed E-state index contributed by atoms with van der Waals surface area (Å²) in [5.41, 5.74) is 0.159. The molecule has 29 heavy (non-hydrogen) atoms. The number of aryl methyl sites for hydroxylation is 1. The van der Waals surface area contributed by atoms with Gasteiger partial charge in [0.2, 0.25) is 5.91 Å². The molecule has 2 aliphatic rings. The monoisotopic (exact) mass is 413 g/mol. The highest BCUT2D eigenvalue weighted by Crippen LogP contribution is 2.29. The van der Waals surface area contributed by atoms with Gasteiger partial charge in [0.1, 0.15) is 0 Å². The first-order valence-corrected chi connectivity index (χ1v) is 10.4. The van der Waals surface area contributed by atoms with Crippen LogP contribution in [0, 0.1) is 0 Å². The number of hydrogen-bond donors (Lipinski definition) is 0. The van der Waals surface area contributed by atoms with Crippen molar-refractivity contribution in [3.05, 3.63) is 35.4 Å². The number of rotatable bonds is 7. The molecule has 8 heteroatoms. The van der Waals surface area contributed by atoms with E-state index in [-0.39, 0.29) is 5.91 Å². The average molecular weight is 413 g/mol. The van der Waals surface area contributed by atoms with Gasteiger partial charge in [-0.1, -0.05) is 18.2 Å². The zero-order valence-electron chi connectivity index (χ0n) is 16.8. The molecule has 5 nitrogen and oxygen atoms in total. The van der Waals surface area contributed by atoms with Gasteiger partial charge in [-0.25, -0.2) is 0 Å². The van der Waals surface area contributed by atoms with Gasteiger partial charge in [0.25, 0.3) is 0 Å². The van der Waals surface area contributed by atoms with E-state index in [2.05, 4.69) is 9.80 Å². The molecular formula is C21H30F3N3O2. The Kier molecular flexibility index (Phi) is 7.91. The van der Waals surface area contributed by atoms with Crippen LogP contribution in [0.25, 0.3) is 0 Å². The Bertz CT molecular complexity index is 655. The molecule has 1 amide bonds. The molecule has 0 radical (unpaired) electrons. The van der Waals surface area contributed by atoms with Crippen LogP contribution in [0.3, 0.4) is 0 Å². The SMILES string of the molecule is O=C(CN1CCOCC1)N1CCN(CCCCc2cccc(C(F)(F)F)c2)CC1. The number of halogens is 3. The number of hydrogen-bond acceptors (Lipinski definition) is 4. The van der Waals surface area contributed by atoms with Gasteiger partial charge in [0.15, 0.2) is 0 Å². The summed E-state index contributed by atoms with van der Waals surface area (Å²) in [7, 11) is 0. The molecule has 3 rings (SSSR count). The standard InChI is InChI=1S/C21H30F3N3O2/c22-21(23,24)19-6-3-5-18(16-19)4-1-2-7-25-8-10-27(11-9-25)20(28)17-26-12-14-29-15-13-26/h3,5-6,16H,1-2,4,7-15,17H2. The second kappa shape index (κ2) is 10.4. The predicted octanol–water partition coefficient (Wildman–Crippen LogP) is 2.50. The van der Waals surface area contributed by atoms with Gasteiger partial charge in [-0.05, 0) is 37.4 Å². The molecule has 2 aliphatic heterocycles. The average Bonchev–Trinajstić information content (AvgIpc) is 2.72. The summed E-state index contributed by atoms with van der Waals surface area (Å²) in [6, 6.07) is 5.60. The molecule has 0 spiro atoms. The molecular weight excluding hydrogens is 383 g/mol. The number of carbonyl (C=O) groups is 1. The first-order chi connectivity index (χ1) is 13.9. The van der Waals surface area contributed by atoms with Crippen LogP contribution < -0.4 is 0 Å². The highest BCUT2D eigenvalue weighted by atomic mass is 19.4. The number of amides is 1. The lowest BCUT2D eigenvalue weighted by Crippen LogP contribution is -2.52. The van der Waals surface area contributed by atoms with Crippen LogP contribution in [0.5, 0.6) is 0 Å². The molecule has 1 aromatic rings. The second-order valence-corrected chi connectivity index (χ2v) is 7.77. The minimum Gasteiger partial charge on any atom is -0.379 e. The summed E-state index contributed by atoms with van der Waals surface area (Å²) in [6.07, 6.45) is -1.83. The van der Waals surface area contributed by atoms with Crippen molar-refractivity contribution < 1.29 is 22.7 Å². The third kappa shape index (κ3) is 6.97. The molecule has 0 atom stereocenters. The Morgan fingerprint density at radius 1 is 0.966 bits per heavy atom. The quantitative estimate of drug-likeness (QED) is 0.644. The van der Waals surface area contributed by atoms with Crippen molar-refractivity contribution in [2.24, 2.45) is 0 Å². The van der Waals surface area contributed by atoms with Crippen LogP contribution in [0.2, 0.25) is 0 Å². The molecule has 0 bridgehead atoms. The van der Waals surface area contributed by atoms with Gasteiger partial charge < -0.3 is 9.64 Å². The second-order valence-electron chi connectivity index (χ2n) is 7.77. The molecule has 2 saturated heterocycles. The number of benzene rings is 1. The van der Waals surface area contributed by atoms with Gasteiger partial charge in [-0.15, -0.1) is 0 Å². The Hall–Kier alpha value is -1.64. The molecule has 0 N–H and O–H groups in total. The van der Waals surface area contributed by atoms with E-state index in [9.17, 15) is 18.0 Å². The van der Waals surface area contributed by atoms with Crippen LogP contribution in [0.4, 0.5) is 13.2 Å². The number of carbonyl (C=O) groups excluding carboxylic acids is 1. The van der Waals surface area contributed by atoms with Gasteiger partial charge >= 0.3 is 6.18 Å². The van der Waals surface area contributed by atoms with Crippen molar-refractivity contribution in [2.75, 3.05) is 65.6 Å². The summed E-state index contributed by atoms with van der Waals surface area (Å²) in [5.74, 6) is 0.191. The fourth-order valence-corrected chi connectivity index (χ4v) is 3.84. The van der Waals surface area contributed by atoms with E-state index < -0.39 is 11.7 Å². The molecule has 2 fully saturated rings. The van der Waals surface area contributed by atoms with Crippen LogP contribution >= 0.6 is 0 Å². The molecule has 2 heterocycles. The molecule has 1 aromatic carbocycles. The first kappa shape index (κ1) is 22.1. The van der Waals surface area contributed by atoms with Crippen molar-refractivity contribution in [1.82, 2.24) is 14.7 Å². The van der Waals surface area contributed by atoms with E-state index in [0.29, 0.717) is 26.2 Å². The first-order valence-electron chi connectivity index (χ1n) is 10.4. The van der Waals surface area contributed by atoms with E-state index in [1.54, 1.807) is 6.07 Å². The highest BCUT2D eigenvalue weighted by molar-refractivity contribution is 5.78. The van der Waals surface area contributed by atoms with Gasteiger partial charge in [0.05, 0.1) is 25.3 Å². The third-order valence-electron chi connectivity index (χ3n) is 5.63. The minimum absolute atomic E-state index is 0.191.